The molecule has 7 heteroatoms. The summed E-state index contributed by atoms with van der Waals surface area (Å²) in [7, 11) is 0. The number of nitrogens with one attached hydrogen (secondary N) is 1. The molecule has 1 heterocycles. The highest BCUT2D eigenvalue weighted by atomic mass is 16.6. The number of anilines is 1. The molecule has 0 unspecified atom stereocenters. The number of hydrogen-bond acceptors (Lipinski definition) is 5. The number of rotatable bonds is 5. The van der Waals surface area contributed by atoms with E-state index < -0.39 is 10.8 Å². The first-order valence-corrected chi connectivity index (χ1v) is 5.24. The summed E-state index contributed by atoms with van der Waals surface area (Å²) in [6.07, 6.45) is 2.74. The maximum atomic E-state index is 11.7. The van der Waals surface area contributed by atoms with Gasteiger partial charge in [-0.05, 0) is 12.5 Å². The molecule has 0 aliphatic rings. The average molecular weight is 238 g/mol. The van der Waals surface area contributed by atoms with Crippen molar-refractivity contribution in [2.75, 3.05) is 12.3 Å². The summed E-state index contributed by atoms with van der Waals surface area (Å²) in [4.78, 5) is 25.4. The van der Waals surface area contributed by atoms with Crippen LogP contribution in [-0.2, 0) is 0 Å². The number of nitrogens with two attached hydrogens (primary N) is 1. The van der Waals surface area contributed by atoms with Crippen LogP contribution in [0.25, 0.3) is 0 Å². The van der Waals surface area contributed by atoms with Gasteiger partial charge >= 0.3 is 0 Å². The predicted octanol–water partition coefficient (Wildman–Crippen LogP) is 1.10. The Balaban J connectivity index is 2.90. The molecule has 0 spiro atoms. The molecular weight excluding hydrogens is 224 g/mol. The van der Waals surface area contributed by atoms with Gasteiger partial charge in [-0.2, -0.15) is 0 Å². The van der Waals surface area contributed by atoms with E-state index in [1.54, 1.807) is 0 Å². The molecule has 0 saturated heterocycles. The molecule has 92 valence electrons. The van der Waals surface area contributed by atoms with Gasteiger partial charge in [-0.25, -0.2) is 4.98 Å². The van der Waals surface area contributed by atoms with Crippen LogP contribution in [0.5, 0.6) is 0 Å². The molecule has 7 nitrogen and oxygen atoms in total. The number of aromatic nitrogens is 1. The van der Waals surface area contributed by atoms with E-state index in [4.69, 9.17) is 5.73 Å². The third kappa shape index (κ3) is 3.40. The zero-order chi connectivity index (χ0) is 12.8. The van der Waals surface area contributed by atoms with Crippen molar-refractivity contribution in [3.63, 3.8) is 0 Å². The molecule has 0 saturated carbocycles. The highest BCUT2D eigenvalue weighted by molar-refractivity contribution is 5.98. The lowest BCUT2D eigenvalue weighted by Crippen LogP contribution is -2.25. The quantitative estimate of drug-likeness (QED) is 0.453. The van der Waals surface area contributed by atoms with Crippen LogP contribution in [0, 0.1) is 10.1 Å². The largest absolute Gasteiger partial charge is 0.384 e. The Morgan fingerprint density at radius 1 is 1.65 bits per heavy atom. The minimum Gasteiger partial charge on any atom is -0.384 e. The van der Waals surface area contributed by atoms with Gasteiger partial charge in [0, 0.05) is 6.54 Å². The van der Waals surface area contributed by atoms with Crippen molar-refractivity contribution >= 4 is 17.4 Å². The molecule has 0 fully saturated rings. The third-order valence-electron chi connectivity index (χ3n) is 2.16. The molecule has 0 bridgehead atoms. The second-order valence-electron chi connectivity index (χ2n) is 3.49. The van der Waals surface area contributed by atoms with E-state index in [9.17, 15) is 14.9 Å². The second-order valence-corrected chi connectivity index (χ2v) is 3.49. The number of nitrogens with zero attached hydrogens (tertiary/aromatic N) is 2. The van der Waals surface area contributed by atoms with Crippen LogP contribution in [0.4, 0.5) is 11.5 Å². The molecule has 1 aromatic heterocycles. The first-order chi connectivity index (χ1) is 8.06. The van der Waals surface area contributed by atoms with Crippen LogP contribution in [-0.4, -0.2) is 22.4 Å². The summed E-state index contributed by atoms with van der Waals surface area (Å²) < 4.78 is 0. The van der Waals surface area contributed by atoms with Gasteiger partial charge in [0.15, 0.2) is 0 Å². The van der Waals surface area contributed by atoms with Crippen molar-refractivity contribution in [3.8, 4) is 0 Å². The van der Waals surface area contributed by atoms with Gasteiger partial charge < -0.3 is 11.1 Å². The van der Waals surface area contributed by atoms with Crippen LogP contribution >= 0.6 is 0 Å². The molecule has 1 aromatic rings. The van der Waals surface area contributed by atoms with Crippen molar-refractivity contribution in [1.29, 1.82) is 0 Å². The third-order valence-corrected chi connectivity index (χ3v) is 2.16. The van der Waals surface area contributed by atoms with E-state index >= 15 is 0 Å². The molecule has 17 heavy (non-hydrogen) atoms. The fourth-order valence-corrected chi connectivity index (χ4v) is 1.27. The Labute approximate surface area is 98.2 Å². The monoisotopic (exact) mass is 238 g/mol. The summed E-state index contributed by atoms with van der Waals surface area (Å²) in [5.74, 6) is -0.421. The van der Waals surface area contributed by atoms with Crippen molar-refractivity contribution in [2.24, 2.45) is 0 Å². The minimum atomic E-state index is -0.652. The predicted molar refractivity (Wildman–Crippen MR) is 62.5 cm³/mol. The SMILES string of the molecule is CCCCNC(=O)c1cc(N)ncc1[N+](=O)[O-]. The maximum absolute atomic E-state index is 11.7. The molecule has 0 aromatic carbocycles. The molecular formula is C10H14N4O3. The number of unbranched alkanes of at least 4 members (excludes halogenated alkanes) is 1. The number of pyridine rings is 1. The Morgan fingerprint density at radius 2 is 2.35 bits per heavy atom. The second kappa shape index (κ2) is 5.78. The fourth-order valence-electron chi connectivity index (χ4n) is 1.27. The number of nitrogen functional groups attached to an aromatic ring is 1. The van der Waals surface area contributed by atoms with Crippen molar-refractivity contribution in [1.82, 2.24) is 10.3 Å². The smallest absolute Gasteiger partial charge is 0.300 e. The van der Waals surface area contributed by atoms with Gasteiger partial charge in [-0.1, -0.05) is 13.3 Å². The number of carbonyl (C=O) groups excluding carboxylic acids is 1. The molecule has 1 amide bonds. The van der Waals surface area contributed by atoms with Crippen molar-refractivity contribution in [3.05, 3.63) is 27.9 Å². The maximum Gasteiger partial charge on any atom is 0.300 e. The average Bonchev–Trinajstić information content (AvgIpc) is 2.28. The van der Waals surface area contributed by atoms with Gasteiger partial charge in [-0.15, -0.1) is 0 Å². The van der Waals surface area contributed by atoms with Gasteiger partial charge in [0.2, 0.25) is 0 Å². The zero-order valence-corrected chi connectivity index (χ0v) is 9.47. The lowest BCUT2D eigenvalue weighted by atomic mass is 10.2. The Bertz CT molecular complexity index is 434. The summed E-state index contributed by atoms with van der Waals surface area (Å²) in [5.41, 5.74) is 5.01. The minimum absolute atomic E-state index is 0.0568. The molecule has 0 aliphatic carbocycles. The normalized spacial score (nSPS) is 9.94. The van der Waals surface area contributed by atoms with E-state index in [1.165, 1.54) is 6.07 Å². The summed E-state index contributed by atoms with van der Waals surface area (Å²) in [5, 5.41) is 13.3. The van der Waals surface area contributed by atoms with Crippen molar-refractivity contribution in [2.45, 2.75) is 19.8 Å². The summed E-state index contributed by atoms with van der Waals surface area (Å²) in [6, 6.07) is 1.21. The Morgan fingerprint density at radius 3 is 2.94 bits per heavy atom. The van der Waals surface area contributed by atoms with Crippen LogP contribution in [0.15, 0.2) is 12.3 Å². The van der Waals surface area contributed by atoms with Crippen LogP contribution < -0.4 is 11.1 Å². The van der Waals surface area contributed by atoms with Gasteiger partial charge in [-0.3, -0.25) is 14.9 Å². The summed E-state index contributed by atoms with van der Waals surface area (Å²) in [6.45, 7) is 2.47. The van der Waals surface area contributed by atoms with Gasteiger partial charge in [0.1, 0.15) is 17.6 Å². The van der Waals surface area contributed by atoms with E-state index in [1.807, 2.05) is 6.92 Å². The lowest BCUT2D eigenvalue weighted by Gasteiger charge is -2.05. The first-order valence-electron chi connectivity index (χ1n) is 5.24. The standard InChI is InChI=1S/C10H14N4O3/c1-2-3-4-12-10(15)7-5-9(11)13-6-8(7)14(16)17/h5-6H,2-4H2,1H3,(H2,11,13)(H,12,15). The van der Waals surface area contributed by atoms with E-state index in [2.05, 4.69) is 10.3 Å². The van der Waals surface area contributed by atoms with Gasteiger partial charge in [0.05, 0.1) is 4.92 Å². The topological polar surface area (TPSA) is 111 Å². The highest BCUT2D eigenvalue weighted by Crippen LogP contribution is 2.18. The number of amides is 1. The van der Waals surface area contributed by atoms with E-state index in [0.29, 0.717) is 6.54 Å². The number of hydrogen-bond donors (Lipinski definition) is 2. The molecule has 0 radical (unpaired) electrons. The van der Waals surface area contributed by atoms with Crippen LogP contribution in [0.2, 0.25) is 0 Å². The Kier molecular flexibility index (Phi) is 4.38. The van der Waals surface area contributed by atoms with Gasteiger partial charge in [0.25, 0.3) is 11.6 Å². The number of carbonyl (C=O) groups is 1. The van der Waals surface area contributed by atoms with E-state index in [-0.39, 0.29) is 17.1 Å². The Hall–Kier alpha value is -2.18. The molecule has 0 atom stereocenters. The lowest BCUT2D eigenvalue weighted by molar-refractivity contribution is -0.385. The highest BCUT2D eigenvalue weighted by Gasteiger charge is 2.20. The first kappa shape index (κ1) is 12.9. The fraction of sp³-hybridized carbons (Fsp3) is 0.400. The van der Waals surface area contributed by atoms with Crippen molar-refractivity contribution < 1.29 is 9.72 Å². The van der Waals surface area contributed by atoms with E-state index in [0.717, 1.165) is 19.0 Å². The van der Waals surface area contributed by atoms with Crippen LogP contribution in [0.1, 0.15) is 30.1 Å². The molecule has 3 N–H and O–H groups in total. The van der Waals surface area contributed by atoms with Crippen LogP contribution in [0.3, 0.4) is 0 Å². The summed E-state index contributed by atoms with van der Waals surface area (Å²) >= 11 is 0. The molecule has 1 rings (SSSR count). The number of nitro groups is 1. The molecule has 0 aliphatic heterocycles. The zero-order valence-electron chi connectivity index (χ0n) is 9.47.